The average molecular weight is 365 g/mol. The molecule has 5 heteroatoms. The largest absolute Gasteiger partial charge is 0.390 e. The number of aliphatic hydroxyl groups is 1. The molecule has 0 saturated carbocycles. The van der Waals surface area contributed by atoms with Gasteiger partial charge in [-0.2, -0.15) is 0 Å². The van der Waals surface area contributed by atoms with Crippen molar-refractivity contribution >= 4 is 6.03 Å². The Bertz CT molecular complexity index is 772. The highest BCUT2D eigenvalue weighted by molar-refractivity contribution is 5.75. The highest BCUT2D eigenvalue weighted by Gasteiger charge is 2.32. The van der Waals surface area contributed by atoms with Crippen LogP contribution in [0.4, 0.5) is 4.79 Å². The lowest BCUT2D eigenvalue weighted by atomic mass is 10.0. The SMILES string of the molecule is O=C(NC1CCN(Cc2ccccc2)CC1)N[C@H]1c2ccccc2C[C@H]1O. The summed E-state index contributed by atoms with van der Waals surface area (Å²) in [5.74, 6) is 0. The van der Waals surface area contributed by atoms with Gasteiger partial charge in [-0.05, 0) is 29.5 Å². The van der Waals surface area contributed by atoms with Crippen LogP contribution in [0.5, 0.6) is 0 Å². The zero-order valence-electron chi connectivity index (χ0n) is 15.5. The van der Waals surface area contributed by atoms with Crippen LogP contribution in [0.2, 0.25) is 0 Å². The van der Waals surface area contributed by atoms with Crippen molar-refractivity contribution in [3.8, 4) is 0 Å². The van der Waals surface area contributed by atoms with Crippen molar-refractivity contribution in [2.24, 2.45) is 0 Å². The maximum absolute atomic E-state index is 12.4. The molecule has 2 aromatic rings. The van der Waals surface area contributed by atoms with Gasteiger partial charge in [-0.25, -0.2) is 4.79 Å². The second-order valence-corrected chi connectivity index (χ2v) is 7.60. The standard InChI is InChI=1S/C22H27N3O2/c26-20-14-17-8-4-5-9-19(17)21(20)24-22(27)23-18-10-12-25(13-11-18)15-16-6-2-1-3-7-16/h1-9,18,20-21,26H,10-15H2,(H2,23,24,27)/t20-,21+/m1/s1. The molecule has 142 valence electrons. The first-order valence-electron chi connectivity index (χ1n) is 9.78. The van der Waals surface area contributed by atoms with E-state index in [9.17, 15) is 9.90 Å². The van der Waals surface area contributed by atoms with Gasteiger partial charge in [-0.1, -0.05) is 54.6 Å². The highest BCUT2D eigenvalue weighted by Crippen LogP contribution is 2.31. The fourth-order valence-corrected chi connectivity index (χ4v) is 4.19. The van der Waals surface area contributed by atoms with Crippen molar-refractivity contribution in [3.63, 3.8) is 0 Å². The molecule has 1 aliphatic carbocycles. The summed E-state index contributed by atoms with van der Waals surface area (Å²) < 4.78 is 0. The van der Waals surface area contributed by atoms with Gasteiger partial charge in [0, 0.05) is 32.1 Å². The van der Waals surface area contributed by atoms with E-state index in [4.69, 9.17) is 0 Å². The first-order valence-corrected chi connectivity index (χ1v) is 9.78. The number of aliphatic hydroxyl groups excluding tert-OH is 1. The Hall–Kier alpha value is -2.37. The minimum atomic E-state index is -0.555. The van der Waals surface area contributed by atoms with Crippen molar-refractivity contribution in [1.82, 2.24) is 15.5 Å². The predicted molar refractivity (Wildman–Crippen MR) is 105 cm³/mol. The number of nitrogens with zero attached hydrogens (tertiary/aromatic N) is 1. The van der Waals surface area contributed by atoms with Gasteiger partial charge in [-0.15, -0.1) is 0 Å². The monoisotopic (exact) mass is 365 g/mol. The molecule has 27 heavy (non-hydrogen) atoms. The van der Waals surface area contributed by atoms with E-state index in [2.05, 4.69) is 39.8 Å². The molecule has 1 aliphatic heterocycles. The van der Waals surface area contributed by atoms with Crippen LogP contribution in [0.1, 0.15) is 35.6 Å². The molecule has 1 saturated heterocycles. The third kappa shape index (κ3) is 4.31. The number of urea groups is 1. The van der Waals surface area contributed by atoms with E-state index in [1.807, 2.05) is 30.3 Å². The smallest absolute Gasteiger partial charge is 0.315 e. The van der Waals surface area contributed by atoms with Gasteiger partial charge >= 0.3 is 6.03 Å². The van der Waals surface area contributed by atoms with E-state index >= 15 is 0 Å². The molecule has 0 aromatic heterocycles. The summed E-state index contributed by atoms with van der Waals surface area (Å²) in [6.07, 6.45) is 1.94. The number of carbonyl (C=O) groups is 1. The maximum Gasteiger partial charge on any atom is 0.315 e. The number of nitrogens with one attached hydrogen (secondary N) is 2. The number of carbonyl (C=O) groups excluding carboxylic acids is 1. The molecule has 0 bridgehead atoms. The number of hydrogen-bond donors (Lipinski definition) is 3. The van der Waals surface area contributed by atoms with Crippen LogP contribution >= 0.6 is 0 Å². The van der Waals surface area contributed by atoms with Gasteiger partial charge in [0.25, 0.3) is 0 Å². The van der Waals surface area contributed by atoms with Gasteiger partial charge in [0.2, 0.25) is 0 Å². The lowest BCUT2D eigenvalue weighted by molar-refractivity contribution is 0.140. The normalized spacial score (nSPS) is 23.0. The highest BCUT2D eigenvalue weighted by atomic mass is 16.3. The van der Waals surface area contributed by atoms with Crippen LogP contribution in [0.3, 0.4) is 0 Å². The van der Waals surface area contributed by atoms with Gasteiger partial charge in [0.05, 0.1) is 12.1 Å². The fourth-order valence-electron chi connectivity index (χ4n) is 4.19. The predicted octanol–water partition coefficient (Wildman–Crippen LogP) is 2.61. The molecular formula is C22H27N3O2. The zero-order valence-corrected chi connectivity index (χ0v) is 15.5. The lowest BCUT2D eigenvalue weighted by Crippen LogP contribution is -2.49. The fraction of sp³-hybridized carbons (Fsp3) is 0.409. The van der Waals surface area contributed by atoms with Crippen molar-refractivity contribution < 1.29 is 9.90 Å². The summed E-state index contributed by atoms with van der Waals surface area (Å²) >= 11 is 0. The van der Waals surface area contributed by atoms with E-state index in [-0.39, 0.29) is 18.1 Å². The van der Waals surface area contributed by atoms with Crippen LogP contribution in [-0.2, 0) is 13.0 Å². The number of likely N-dealkylation sites (tertiary alicyclic amines) is 1. The van der Waals surface area contributed by atoms with Crippen LogP contribution in [0.15, 0.2) is 54.6 Å². The van der Waals surface area contributed by atoms with Crippen molar-refractivity contribution in [2.45, 2.75) is 44.0 Å². The second-order valence-electron chi connectivity index (χ2n) is 7.60. The van der Waals surface area contributed by atoms with Gasteiger partial charge < -0.3 is 15.7 Å². The molecule has 5 nitrogen and oxygen atoms in total. The van der Waals surface area contributed by atoms with Crippen molar-refractivity contribution in [3.05, 3.63) is 71.3 Å². The first-order chi connectivity index (χ1) is 13.2. The van der Waals surface area contributed by atoms with Crippen LogP contribution < -0.4 is 10.6 Å². The number of benzene rings is 2. The number of rotatable bonds is 4. The summed E-state index contributed by atoms with van der Waals surface area (Å²) in [5.41, 5.74) is 3.47. The van der Waals surface area contributed by atoms with E-state index < -0.39 is 6.10 Å². The molecule has 1 fully saturated rings. The van der Waals surface area contributed by atoms with E-state index in [1.54, 1.807) is 0 Å². The number of fused-ring (bicyclic) bond motifs is 1. The molecule has 2 aliphatic rings. The van der Waals surface area contributed by atoms with E-state index in [0.717, 1.165) is 43.6 Å². The number of hydrogen-bond acceptors (Lipinski definition) is 3. The molecule has 0 radical (unpaired) electrons. The topological polar surface area (TPSA) is 64.6 Å². The summed E-state index contributed by atoms with van der Waals surface area (Å²) in [6, 6.07) is 18.1. The Kier molecular flexibility index (Phi) is 5.41. The van der Waals surface area contributed by atoms with Crippen molar-refractivity contribution in [1.29, 1.82) is 0 Å². The molecule has 0 spiro atoms. The Morgan fingerprint density at radius 2 is 1.70 bits per heavy atom. The third-order valence-corrected chi connectivity index (χ3v) is 5.66. The third-order valence-electron chi connectivity index (χ3n) is 5.66. The summed E-state index contributed by atoms with van der Waals surface area (Å²) in [6.45, 7) is 2.92. The molecule has 2 atom stereocenters. The molecule has 2 aromatic carbocycles. The quantitative estimate of drug-likeness (QED) is 0.780. The maximum atomic E-state index is 12.4. The lowest BCUT2D eigenvalue weighted by Gasteiger charge is -2.32. The molecule has 0 unspecified atom stereocenters. The van der Waals surface area contributed by atoms with E-state index in [0.29, 0.717) is 6.42 Å². The average Bonchev–Trinajstić information content (AvgIpc) is 2.99. The second kappa shape index (κ2) is 8.11. The molecule has 3 N–H and O–H groups in total. The minimum absolute atomic E-state index is 0.183. The zero-order chi connectivity index (χ0) is 18.6. The first kappa shape index (κ1) is 18.0. The summed E-state index contributed by atoms with van der Waals surface area (Å²) in [7, 11) is 0. The number of piperidine rings is 1. The molecule has 2 amide bonds. The van der Waals surface area contributed by atoms with E-state index in [1.165, 1.54) is 5.56 Å². The Morgan fingerprint density at radius 3 is 2.48 bits per heavy atom. The van der Waals surface area contributed by atoms with Gasteiger partial charge in [0.1, 0.15) is 0 Å². The van der Waals surface area contributed by atoms with Crippen molar-refractivity contribution in [2.75, 3.05) is 13.1 Å². The van der Waals surface area contributed by atoms with Crippen LogP contribution in [-0.4, -0.2) is 41.3 Å². The Morgan fingerprint density at radius 1 is 1.00 bits per heavy atom. The Balaban J connectivity index is 1.25. The molecule has 4 rings (SSSR count). The number of amides is 2. The molecular weight excluding hydrogens is 338 g/mol. The van der Waals surface area contributed by atoms with Crippen LogP contribution in [0, 0.1) is 0 Å². The summed E-state index contributed by atoms with van der Waals surface area (Å²) in [5, 5.41) is 16.4. The van der Waals surface area contributed by atoms with Crippen LogP contribution in [0.25, 0.3) is 0 Å². The Labute approximate surface area is 160 Å². The van der Waals surface area contributed by atoms with Gasteiger partial charge in [0.15, 0.2) is 0 Å². The molecule has 1 heterocycles. The summed E-state index contributed by atoms with van der Waals surface area (Å²) in [4.78, 5) is 14.9. The van der Waals surface area contributed by atoms with Gasteiger partial charge in [-0.3, -0.25) is 4.90 Å². The minimum Gasteiger partial charge on any atom is -0.390 e.